The van der Waals surface area contributed by atoms with Gasteiger partial charge >= 0.3 is 5.97 Å². The summed E-state index contributed by atoms with van der Waals surface area (Å²) in [5, 5.41) is 14.8. The molecule has 0 saturated heterocycles. The highest BCUT2D eigenvalue weighted by molar-refractivity contribution is 5.72. The second-order valence-corrected chi connectivity index (χ2v) is 6.89. The number of hydrogen-bond donors (Lipinski definition) is 2. The molecule has 0 aliphatic rings. The molecule has 0 aliphatic heterocycles. The van der Waals surface area contributed by atoms with E-state index in [-0.39, 0.29) is 11.9 Å². The van der Waals surface area contributed by atoms with Crippen LogP contribution in [-0.2, 0) is 19.1 Å². The molecule has 0 atom stereocenters. The molecular formula is C22H44O6. The monoisotopic (exact) mass is 404 g/mol. The Bertz CT molecular complexity index is 334. The van der Waals surface area contributed by atoms with Gasteiger partial charge in [-0.05, 0) is 19.8 Å². The summed E-state index contributed by atoms with van der Waals surface area (Å²) in [6, 6.07) is 0. The van der Waals surface area contributed by atoms with E-state index >= 15 is 0 Å². The molecule has 0 amide bonds. The van der Waals surface area contributed by atoms with Crippen LogP contribution in [0.3, 0.4) is 0 Å². The largest absolute Gasteiger partial charge is 0.481 e. The third-order valence-electron chi connectivity index (χ3n) is 3.93. The van der Waals surface area contributed by atoms with Gasteiger partial charge in [-0.2, -0.15) is 0 Å². The molecule has 0 bridgehead atoms. The molecule has 0 aliphatic carbocycles. The lowest BCUT2D eigenvalue weighted by molar-refractivity contribution is -0.148. The smallest absolute Gasteiger partial charge is 0.308 e. The third kappa shape index (κ3) is 35.5. The predicted octanol–water partition coefficient (Wildman–Crippen LogP) is 6.07. The molecule has 0 aromatic heterocycles. The Balaban J connectivity index is -0.000000656. The predicted molar refractivity (Wildman–Crippen MR) is 113 cm³/mol. The van der Waals surface area contributed by atoms with Crippen molar-refractivity contribution in [2.75, 3.05) is 6.61 Å². The summed E-state index contributed by atoms with van der Waals surface area (Å²) >= 11 is 0. The molecule has 6 nitrogen and oxygen atoms in total. The fraction of sp³-hybridized carbons (Fsp3) is 0.864. The first-order chi connectivity index (χ1) is 13.2. The molecule has 0 fully saturated rings. The van der Waals surface area contributed by atoms with Gasteiger partial charge in [-0.25, -0.2) is 0 Å². The van der Waals surface area contributed by atoms with E-state index in [1.165, 1.54) is 64.2 Å². The van der Waals surface area contributed by atoms with E-state index in [9.17, 15) is 4.79 Å². The number of ether oxygens (including phenoxy) is 1. The number of carbonyl (C=O) groups excluding carboxylic acids is 1. The number of carboxylic acid groups (broad SMARTS) is 2. The van der Waals surface area contributed by atoms with Crippen LogP contribution in [0.15, 0.2) is 0 Å². The third-order valence-corrected chi connectivity index (χ3v) is 3.93. The first-order valence-electron chi connectivity index (χ1n) is 10.8. The molecule has 2 N–H and O–H groups in total. The summed E-state index contributed by atoms with van der Waals surface area (Å²) in [6.45, 7) is 9.05. The average molecular weight is 405 g/mol. The molecule has 0 heterocycles. The molecule has 0 aromatic rings. The van der Waals surface area contributed by atoms with Crippen molar-refractivity contribution in [2.24, 2.45) is 5.92 Å². The van der Waals surface area contributed by atoms with E-state index in [0.29, 0.717) is 6.61 Å². The maximum atomic E-state index is 12.0. The van der Waals surface area contributed by atoms with Crippen LogP contribution in [-0.4, -0.2) is 34.7 Å². The molecule has 6 heteroatoms. The molecule has 0 saturated carbocycles. The number of esters is 1. The van der Waals surface area contributed by atoms with Gasteiger partial charge < -0.3 is 14.9 Å². The van der Waals surface area contributed by atoms with Crippen LogP contribution >= 0.6 is 0 Å². The number of rotatable bonds is 14. The highest BCUT2D eigenvalue weighted by Crippen LogP contribution is 2.20. The van der Waals surface area contributed by atoms with Gasteiger partial charge in [-0.15, -0.1) is 0 Å². The molecule has 0 radical (unpaired) electrons. The van der Waals surface area contributed by atoms with Crippen molar-refractivity contribution in [1.82, 2.24) is 0 Å². The van der Waals surface area contributed by atoms with Crippen molar-refractivity contribution in [2.45, 2.75) is 112 Å². The van der Waals surface area contributed by atoms with Gasteiger partial charge in [0, 0.05) is 13.8 Å². The number of carboxylic acids is 2. The van der Waals surface area contributed by atoms with E-state index in [0.717, 1.165) is 26.7 Å². The van der Waals surface area contributed by atoms with Crippen LogP contribution in [0.25, 0.3) is 0 Å². The lowest BCUT2D eigenvalue weighted by Crippen LogP contribution is -2.18. The first-order valence-corrected chi connectivity index (χ1v) is 10.8. The maximum Gasteiger partial charge on any atom is 0.308 e. The lowest BCUT2D eigenvalue weighted by Gasteiger charge is -2.15. The Morgan fingerprint density at radius 2 is 1.00 bits per heavy atom. The minimum atomic E-state index is -0.833. The van der Waals surface area contributed by atoms with Gasteiger partial charge in [0.15, 0.2) is 0 Å². The first kappa shape index (κ1) is 31.1. The summed E-state index contributed by atoms with van der Waals surface area (Å²) in [6.07, 6.45) is 14.7. The van der Waals surface area contributed by atoms with Gasteiger partial charge in [0.25, 0.3) is 11.9 Å². The minimum Gasteiger partial charge on any atom is -0.481 e. The maximum absolute atomic E-state index is 12.0. The highest BCUT2D eigenvalue weighted by Gasteiger charge is 2.18. The topological polar surface area (TPSA) is 101 Å². The van der Waals surface area contributed by atoms with E-state index in [1.807, 2.05) is 6.92 Å². The van der Waals surface area contributed by atoms with Gasteiger partial charge in [-0.3, -0.25) is 14.4 Å². The van der Waals surface area contributed by atoms with Crippen molar-refractivity contribution in [1.29, 1.82) is 0 Å². The normalized spacial score (nSPS) is 9.64. The second kappa shape index (κ2) is 25.4. The van der Waals surface area contributed by atoms with Crippen molar-refractivity contribution in [3.63, 3.8) is 0 Å². The molecule has 0 rings (SSSR count). The Hall–Kier alpha value is -1.59. The molecule has 0 spiro atoms. The molecule has 28 heavy (non-hydrogen) atoms. The van der Waals surface area contributed by atoms with E-state index in [4.69, 9.17) is 24.5 Å². The molecular weight excluding hydrogens is 360 g/mol. The van der Waals surface area contributed by atoms with Crippen LogP contribution in [0.4, 0.5) is 0 Å². The quantitative estimate of drug-likeness (QED) is 0.269. The number of carbonyl (C=O) groups is 3. The van der Waals surface area contributed by atoms with Crippen molar-refractivity contribution in [3.05, 3.63) is 0 Å². The zero-order chi connectivity index (χ0) is 22.2. The van der Waals surface area contributed by atoms with Crippen LogP contribution in [0.2, 0.25) is 0 Å². The number of unbranched alkanes of at least 4 members (excludes halogenated alkanes) is 8. The van der Waals surface area contributed by atoms with Crippen LogP contribution in [0.5, 0.6) is 0 Å². The van der Waals surface area contributed by atoms with Crippen LogP contribution in [0.1, 0.15) is 112 Å². The van der Waals surface area contributed by atoms with Gasteiger partial charge in [0.1, 0.15) is 0 Å². The molecule has 0 aromatic carbocycles. The SMILES string of the molecule is CC(=O)O.CC(=O)O.CCCCCCCC(CCCCCCC)C(=O)OCC. The summed E-state index contributed by atoms with van der Waals surface area (Å²) in [5.74, 6) is -1.48. The summed E-state index contributed by atoms with van der Waals surface area (Å²) in [4.78, 5) is 30.0. The number of hydrogen-bond acceptors (Lipinski definition) is 4. The molecule has 0 unspecified atom stereocenters. The van der Waals surface area contributed by atoms with Crippen LogP contribution in [0, 0.1) is 5.92 Å². The Kier molecular flexibility index (Phi) is 28.2. The summed E-state index contributed by atoms with van der Waals surface area (Å²) in [7, 11) is 0. The van der Waals surface area contributed by atoms with E-state index < -0.39 is 11.9 Å². The van der Waals surface area contributed by atoms with Gasteiger partial charge in [-0.1, -0.05) is 78.1 Å². The van der Waals surface area contributed by atoms with Gasteiger partial charge in [0.2, 0.25) is 0 Å². The van der Waals surface area contributed by atoms with E-state index in [2.05, 4.69) is 13.8 Å². The van der Waals surface area contributed by atoms with Crippen molar-refractivity contribution >= 4 is 17.9 Å². The van der Waals surface area contributed by atoms with Gasteiger partial charge in [0.05, 0.1) is 12.5 Å². The Labute approximate surface area is 172 Å². The number of aliphatic carboxylic acids is 2. The zero-order valence-corrected chi connectivity index (χ0v) is 18.8. The average Bonchev–Trinajstić information content (AvgIpc) is 2.58. The Morgan fingerprint density at radius 1 is 0.679 bits per heavy atom. The summed E-state index contributed by atoms with van der Waals surface area (Å²) in [5.41, 5.74) is 0. The fourth-order valence-electron chi connectivity index (χ4n) is 2.63. The Morgan fingerprint density at radius 3 is 1.29 bits per heavy atom. The van der Waals surface area contributed by atoms with Crippen molar-refractivity contribution in [3.8, 4) is 0 Å². The lowest BCUT2D eigenvalue weighted by atomic mass is 9.94. The standard InChI is InChI=1S/C18H36O2.2C2H4O2/c1-4-7-9-11-13-15-17(18(19)20-6-3)16-14-12-10-8-5-2;2*1-2(3)4/h17H,4-16H2,1-3H3;2*1H3,(H,3,4). The molecule has 168 valence electrons. The second-order valence-electron chi connectivity index (χ2n) is 6.89. The summed E-state index contributed by atoms with van der Waals surface area (Å²) < 4.78 is 5.22. The minimum absolute atomic E-state index is 0.0403. The zero-order valence-electron chi connectivity index (χ0n) is 18.8. The fourth-order valence-corrected chi connectivity index (χ4v) is 2.63. The van der Waals surface area contributed by atoms with Crippen molar-refractivity contribution < 1.29 is 29.3 Å². The van der Waals surface area contributed by atoms with E-state index in [1.54, 1.807) is 0 Å². The van der Waals surface area contributed by atoms with Crippen LogP contribution < -0.4 is 0 Å². The highest BCUT2D eigenvalue weighted by atomic mass is 16.5.